The highest BCUT2D eigenvalue weighted by Crippen LogP contribution is 2.33. The molecule has 3 aliphatic rings. The van der Waals surface area contributed by atoms with E-state index in [2.05, 4.69) is 0 Å². The van der Waals surface area contributed by atoms with E-state index in [-0.39, 0.29) is 24.6 Å². The summed E-state index contributed by atoms with van der Waals surface area (Å²) in [5.74, 6) is 1.59. The minimum atomic E-state index is -0.314. The molecule has 0 bridgehead atoms. The number of fused-ring (bicyclic) bond motifs is 1. The lowest BCUT2D eigenvalue weighted by molar-refractivity contribution is -0.141. The van der Waals surface area contributed by atoms with Gasteiger partial charge in [-0.3, -0.25) is 9.59 Å². The second-order valence-electron chi connectivity index (χ2n) is 6.30. The summed E-state index contributed by atoms with van der Waals surface area (Å²) in [7, 11) is 0. The van der Waals surface area contributed by atoms with Gasteiger partial charge in [0.05, 0.1) is 0 Å². The van der Waals surface area contributed by atoms with Crippen LogP contribution < -0.4 is 9.47 Å². The molecule has 0 saturated carbocycles. The van der Waals surface area contributed by atoms with Crippen molar-refractivity contribution in [2.75, 3.05) is 19.9 Å². The largest absolute Gasteiger partial charge is 0.454 e. The van der Waals surface area contributed by atoms with E-state index in [1.807, 2.05) is 23.1 Å². The number of hydrogen-bond donors (Lipinski definition) is 0. The summed E-state index contributed by atoms with van der Waals surface area (Å²) in [5, 5.41) is 0. The Morgan fingerprint density at radius 2 is 1.96 bits per heavy atom. The highest BCUT2D eigenvalue weighted by atomic mass is 16.7. The highest BCUT2D eigenvalue weighted by Gasteiger charge is 2.38. The van der Waals surface area contributed by atoms with Gasteiger partial charge in [0.25, 0.3) is 0 Å². The van der Waals surface area contributed by atoms with Gasteiger partial charge in [-0.2, -0.15) is 0 Å². The SMILES string of the molecule is O=C(C1CCC(=O)N1Cc1ccc2c(c1)OCO2)N1CCCC1. The summed E-state index contributed by atoms with van der Waals surface area (Å²) >= 11 is 0. The number of rotatable bonds is 3. The zero-order valence-corrected chi connectivity index (χ0v) is 13.0. The Labute approximate surface area is 134 Å². The maximum atomic E-state index is 12.7. The third-order valence-corrected chi connectivity index (χ3v) is 4.82. The summed E-state index contributed by atoms with van der Waals surface area (Å²) in [6.07, 6.45) is 3.21. The number of carbonyl (C=O) groups excluding carboxylic acids is 2. The predicted octanol–water partition coefficient (Wildman–Crippen LogP) is 1.53. The first-order chi connectivity index (χ1) is 11.2. The number of nitrogens with zero attached hydrogens (tertiary/aromatic N) is 2. The Kier molecular flexibility index (Phi) is 3.59. The molecule has 3 aliphatic heterocycles. The minimum absolute atomic E-state index is 0.0558. The molecule has 0 N–H and O–H groups in total. The van der Waals surface area contributed by atoms with Crippen molar-refractivity contribution < 1.29 is 19.1 Å². The fourth-order valence-corrected chi connectivity index (χ4v) is 3.57. The second kappa shape index (κ2) is 5.76. The molecule has 0 spiro atoms. The Bertz CT molecular complexity index is 639. The summed E-state index contributed by atoms with van der Waals surface area (Å²) in [4.78, 5) is 28.5. The Morgan fingerprint density at radius 1 is 1.17 bits per heavy atom. The summed E-state index contributed by atoms with van der Waals surface area (Å²) in [5.41, 5.74) is 0.962. The molecule has 23 heavy (non-hydrogen) atoms. The standard InChI is InChI=1S/C17H20N2O4/c20-16-6-4-13(17(21)18-7-1-2-8-18)19(16)10-12-3-5-14-15(9-12)23-11-22-14/h3,5,9,13H,1-2,4,6-8,10-11H2. The normalized spacial score (nSPS) is 23.0. The van der Waals surface area contributed by atoms with Gasteiger partial charge >= 0.3 is 0 Å². The van der Waals surface area contributed by atoms with Crippen LogP contribution in [0.15, 0.2) is 18.2 Å². The van der Waals surface area contributed by atoms with Crippen LogP contribution in [0.1, 0.15) is 31.2 Å². The fraction of sp³-hybridized carbons (Fsp3) is 0.529. The van der Waals surface area contributed by atoms with Crippen LogP contribution in [-0.2, 0) is 16.1 Å². The molecule has 3 heterocycles. The van der Waals surface area contributed by atoms with Crippen molar-refractivity contribution in [3.63, 3.8) is 0 Å². The fourth-order valence-electron chi connectivity index (χ4n) is 3.57. The van der Waals surface area contributed by atoms with Crippen molar-refractivity contribution >= 4 is 11.8 Å². The third-order valence-electron chi connectivity index (χ3n) is 4.82. The lowest BCUT2D eigenvalue weighted by atomic mass is 10.1. The number of amides is 2. The molecule has 2 saturated heterocycles. The first kappa shape index (κ1) is 14.4. The van der Waals surface area contributed by atoms with Crippen molar-refractivity contribution in [1.82, 2.24) is 9.80 Å². The topological polar surface area (TPSA) is 59.1 Å². The van der Waals surface area contributed by atoms with E-state index in [9.17, 15) is 9.59 Å². The molecule has 1 aromatic rings. The van der Waals surface area contributed by atoms with Crippen LogP contribution in [0.4, 0.5) is 0 Å². The van der Waals surface area contributed by atoms with Gasteiger partial charge in [-0.05, 0) is 37.0 Å². The van der Waals surface area contributed by atoms with E-state index < -0.39 is 0 Å². The maximum Gasteiger partial charge on any atom is 0.245 e. The zero-order valence-electron chi connectivity index (χ0n) is 13.0. The predicted molar refractivity (Wildman–Crippen MR) is 82.0 cm³/mol. The third kappa shape index (κ3) is 2.62. The first-order valence-corrected chi connectivity index (χ1v) is 8.19. The molecule has 2 fully saturated rings. The van der Waals surface area contributed by atoms with Gasteiger partial charge in [-0.25, -0.2) is 0 Å². The Morgan fingerprint density at radius 3 is 2.78 bits per heavy atom. The van der Waals surface area contributed by atoms with Gasteiger partial charge in [0, 0.05) is 26.1 Å². The van der Waals surface area contributed by atoms with Crippen LogP contribution in [0.25, 0.3) is 0 Å². The van der Waals surface area contributed by atoms with Gasteiger partial charge in [0.1, 0.15) is 6.04 Å². The number of benzene rings is 1. The van der Waals surface area contributed by atoms with Gasteiger partial charge in [0.2, 0.25) is 18.6 Å². The lowest BCUT2D eigenvalue weighted by Crippen LogP contribution is -2.45. The van der Waals surface area contributed by atoms with E-state index >= 15 is 0 Å². The molecule has 0 aliphatic carbocycles. The monoisotopic (exact) mass is 316 g/mol. The Balaban J connectivity index is 1.51. The molecule has 2 amide bonds. The van der Waals surface area contributed by atoms with Crippen molar-refractivity contribution in [3.05, 3.63) is 23.8 Å². The number of carbonyl (C=O) groups is 2. The smallest absolute Gasteiger partial charge is 0.245 e. The van der Waals surface area contributed by atoms with Crippen molar-refractivity contribution in [2.24, 2.45) is 0 Å². The summed E-state index contributed by atoms with van der Waals surface area (Å²) < 4.78 is 10.7. The highest BCUT2D eigenvalue weighted by molar-refractivity contribution is 5.91. The molecule has 1 aromatic carbocycles. The number of hydrogen-bond acceptors (Lipinski definition) is 4. The minimum Gasteiger partial charge on any atom is -0.454 e. The van der Waals surface area contributed by atoms with Crippen LogP contribution in [0, 0.1) is 0 Å². The van der Waals surface area contributed by atoms with Crippen LogP contribution in [0.5, 0.6) is 11.5 Å². The molecular weight excluding hydrogens is 296 g/mol. The van der Waals surface area contributed by atoms with Crippen molar-refractivity contribution in [2.45, 2.75) is 38.3 Å². The van der Waals surface area contributed by atoms with Crippen LogP contribution >= 0.6 is 0 Å². The van der Waals surface area contributed by atoms with Gasteiger partial charge in [-0.1, -0.05) is 6.07 Å². The molecule has 0 aromatic heterocycles. The van der Waals surface area contributed by atoms with E-state index in [0.29, 0.717) is 25.1 Å². The lowest BCUT2D eigenvalue weighted by Gasteiger charge is -2.28. The molecule has 1 unspecified atom stereocenters. The molecule has 4 rings (SSSR count). The summed E-state index contributed by atoms with van der Waals surface area (Å²) in [6.45, 7) is 2.32. The Hall–Kier alpha value is -2.24. The number of ether oxygens (including phenoxy) is 2. The molecule has 6 heteroatoms. The van der Waals surface area contributed by atoms with Crippen molar-refractivity contribution in [3.8, 4) is 11.5 Å². The van der Waals surface area contributed by atoms with Gasteiger partial charge < -0.3 is 19.3 Å². The van der Waals surface area contributed by atoms with Crippen LogP contribution in [-0.4, -0.2) is 47.5 Å². The average molecular weight is 316 g/mol. The van der Waals surface area contributed by atoms with Gasteiger partial charge in [0.15, 0.2) is 11.5 Å². The quantitative estimate of drug-likeness (QED) is 0.848. The molecule has 0 radical (unpaired) electrons. The van der Waals surface area contributed by atoms with Crippen LogP contribution in [0.2, 0.25) is 0 Å². The van der Waals surface area contributed by atoms with E-state index in [1.165, 1.54) is 0 Å². The average Bonchev–Trinajstić information content (AvgIpc) is 3.28. The molecule has 6 nitrogen and oxygen atoms in total. The van der Waals surface area contributed by atoms with E-state index in [0.717, 1.165) is 37.2 Å². The molecule has 122 valence electrons. The van der Waals surface area contributed by atoms with Crippen molar-refractivity contribution in [1.29, 1.82) is 0 Å². The number of likely N-dealkylation sites (tertiary alicyclic amines) is 2. The van der Waals surface area contributed by atoms with E-state index in [1.54, 1.807) is 4.90 Å². The van der Waals surface area contributed by atoms with E-state index in [4.69, 9.17) is 9.47 Å². The second-order valence-corrected chi connectivity index (χ2v) is 6.30. The van der Waals surface area contributed by atoms with Gasteiger partial charge in [-0.15, -0.1) is 0 Å². The summed E-state index contributed by atoms with van der Waals surface area (Å²) in [6, 6.07) is 5.36. The molecule has 1 atom stereocenters. The molecular formula is C17H20N2O4. The maximum absolute atomic E-state index is 12.7. The van der Waals surface area contributed by atoms with Crippen LogP contribution in [0.3, 0.4) is 0 Å². The first-order valence-electron chi connectivity index (χ1n) is 8.19. The zero-order chi connectivity index (χ0) is 15.8.